The highest BCUT2D eigenvalue weighted by Gasteiger charge is 2.08. The van der Waals surface area contributed by atoms with E-state index in [0.29, 0.717) is 0 Å². The van der Waals surface area contributed by atoms with Gasteiger partial charge < -0.3 is 9.88 Å². The standard InChI is InChI=1S/C18H21N3/c1-2-8-18-20-16-11-6-7-12-17(16)21(18)14-13-19-15-9-4-3-5-10-15/h3-7,9-12,19H,2,8,13-14H2,1H3. The van der Waals surface area contributed by atoms with E-state index < -0.39 is 0 Å². The molecule has 0 fully saturated rings. The van der Waals surface area contributed by atoms with Crippen molar-refractivity contribution in [1.29, 1.82) is 0 Å². The van der Waals surface area contributed by atoms with Gasteiger partial charge in [-0.25, -0.2) is 4.98 Å². The molecule has 3 aromatic rings. The van der Waals surface area contributed by atoms with Gasteiger partial charge in [-0.1, -0.05) is 37.3 Å². The van der Waals surface area contributed by atoms with Crippen LogP contribution in [0.1, 0.15) is 19.2 Å². The summed E-state index contributed by atoms with van der Waals surface area (Å²) in [5.74, 6) is 1.19. The van der Waals surface area contributed by atoms with Gasteiger partial charge in [-0.3, -0.25) is 0 Å². The number of aryl methyl sites for hydroxylation is 1. The van der Waals surface area contributed by atoms with Gasteiger partial charge in [0.1, 0.15) is 5.82 Å². The minimum absolute atomic E-state index is 0.904. The first kappa shape index (κ1) is 13.7. The minimum atomic E-state index is 0.904. The van der Waals surface area contributed by atoms with E-state index in [1.165, 1.54) is 17.0 Å². The van der Waals surface area contributed by atoms with Crippen LogP contribution < -0.4 is 5.32 Å². The first-order chi connectivity index (χ1) is 10.4. The maximum atomic E-state index is 4.76. The predicted octanol–water partition coefficient (Wildman–Crippen LogP) is 4.10. The molecule has 21 heavy (non-hydrogen) atoms. The SMILES string of the molecule is CCCc1nc2ccccc2n1CCNc1ccccc1. The fourth-order valence-corrected chi connectivity index (χ4v) is 2.66. The zero-order valence-electron chi connectivity index (χ0n) is 12.4. The lowest BCUT2D eigenvalue weighted by molar-refractivity contribution is 0.680. The molecule has 2 aromatic carbocycles. The molecule has 0 saturated heterocycles. The number of rotatable bonds is 6. The van der Waals surface area contributed by atoms with Gasteiger partial charge in [0.15, 0.2) is 0 Å². The van der Waals surface area contributed by atoms with Crippen LogP contribution in [-0.4, -0.2) is 16.1 Å². The highest BCUT2D eigenvalue weighted by atomic mass is 15.1. The van der Waals surface area contributed by atoms with Crippen molar-refractivity contribution in [3.8, 4) is 0 Å². The number of nitrogens with zero attached hydrogens (tertiary/aromatic N) is 2. The molecule has 0 spiro atoms. The molecule has 0 amide bonds. The molecule has 3 heteroatoms. The Morgan fingerprint density at radius 3 is 2.57 bits per heavy atom. The zero-order valence-corrected chi connectivity index (χ0v) is 12.4. The fourth-order valence-electron chi connectivity index (χ4n) is 2.66. The summed E-state index contributed by atoms with van der Waals surface area (Å²) < 4.78 is 2.34. The second-order valence-electron chi connectivity index (χ2n) is 5.21. The predicted molar refractivity (Wildman–Crippen MR) is 88.7 cm³/mol. The van der Waals surface area contributed by atoms with E-state index in [0.717, 1.165) is 31.4 Å². The summed E-state index contributed by atoms with van der Waals surface area (Å²) in [7, 11) is 0. The van der Waals surface area contributed by atoms with E-state index in [2.05, 4.69) is 65.3 Å². The Morgan fingerprint density at radius 1 is 1.00 bits per heavy atom. The number of para-hydroxylation sites is 3. The molecule has 3 nitrogen and oxygen atoms in total. The molecule has 0 atom stereocenters. The van der Waals surface area contributed by atoms with Crippen molar-refractivity contribution in [2.24, 2.45) is 0 Å². The first-order valence-corrected chi connectivity index (χ1v) is 7.61. The van der Waals surface area contributed by atoms with Crippen LogP contribution in [0.3, 0.4) is 0 Å². The van der Waals surface area contributed by atoms with Crippen LogP contribution in [0.2, 0.25) is 0 Å². The van der Waals surface area contributed by atoms with Crippen LogP contribution in [0.15, 0.2) is 54.6 Å². The monoisotopic (exact) mass is 279 g/mol. The molecule has 108 valence electrons. The van der Waals surface area contributed by atoms with E-state index in [9.17, 15) is 0 Å². The normalized spacial score (nSPS) is 10.9. The van der Waals surface area contributed by atoms with Gasteiger partial charge in [0.2, 0.25) is 0 Å². The summed E-state index contributed by atoms with van der Waals surface area (Å²) >= 11 is 0. The quantitative estimate of drug-likeness (QED) is 0.736. The fraction of sp³-hybridized carbons (Fsp3) is 0.278. The summed E-state index contributed by atoms with van der Waals surface area (Å²) in [6, 6.07) is 18.7. The van der Waals surface area contributed by atoms with E-state index in [1.54, 1.807) is 0 Å². The number of hydrogen-bond donors (Lipinski definition) is 1. The van der Waals surface area contributed by atoms with Crippen molar-refractivity contribution in [2.75, 3.05) is 11.9 Å². The average molecular weight is 279 g/mol. The van der Waals surface area contributed by atoms with Gasteiger partial charge in [-0.15, -0.1) is 0 Å². The molecule has 0 aliphatic carbocycles. The third kappa shape index (κ3) is 3.07. The van der Waals surface area contributed by atoms with E-state index in [4.69, 9.17) is 4.98 Å². The van der Waals surface area contributed by atoms with Gasteiger partial charge in [-0.05, 0) is 30.7 Å². The topological polar surface area (TPSA) is 29.9 Å². The average Bonchev–Trinajstić information content (AvgIpc) is 2.87. The summed E-state index contributed by atoms with van der Waals surface area (Å²) in [5.41, 5.74) is 3.50. The molecule has 3 rings (SSSR count). The maximum Gasteiger partial charge on any atom is 0.109 e. The Balaban J connectivity index is 1.77. The van der Waals surface area contributed by atoms with Crippen LogP contribution in [0.4, 0.5) is 5.69 Å². The van der Waals surface area contributed by atoms with Gasteiger partial charge in [0, 0.05) is 25.2 Å². The third-order valence-electron chi connectivity index (χ3n) is 3.65. The molecule has 0 radical (unpaired) electrons. The Bertz CT molecular complexity index is 701. The molecule has 1 aromatic heterocycles. The molecular weight excluding hydrogens is 258 g/mol. The van der Waals surface area contributed by atoms with Crippen LogP contribution in [0.25, 0.3) is 11.0 Å². The summed E-state index contributed by atoms with van der Waals surface area (Å²) in [6.07, 6.45) is 2.15. The smallest absolute Gasteiger partial charge is 0.109 e. The maximum absolute atomic E-state index is 4.76. The summed E-state index contributed by atoms with van der Waals surface area (Å²) in [6.45, 7) is 4.04. The van der Waals surface area contributed by atoms with Crippen LogP contribution in [0, 0.1) is 0 Å². The lowest BCUT2D eigenvalue weighted by Gasteiger charge is -2.10. The van der Waals surface area contributed by atoms with E-state index in [1.807, 2.05) is 6.07 Å². The lowest BCUT2D eigenvalue weighted by atomic mass is 10.3. The molecular formula is C18H21N3. The molecule has 0 saturated carbocycles. The van der Waals surface area contributed by atoms with Crippen molar-refractivity contribution in [1.82, 2.24) is 9.55 Å². The van der Waals surface area contributed by atoms with Crippen molar-refractivity contribution in [3.63, 3.8) is 0 Å². The molecule has 0 aliphatic heterocycles. The number of imidazole rings is 1. The number of hydrogen-bond acceptors (Lipinski definition) is 2. The Morgan fingerprint density at radius 2 is 1.76 bits per heavy atom. The molecule has 1 heterocycles. The van der Waals surface area contributed by atoms with Gasteiger partial charge in [0.25, 0.3) is 0 Å². The molecule has 1 N–H and O–H groups in total. The number of fused-ring (bicyclic) bond motifs is 1. The van der Waals surface area contributed by atoms with Gasteiger partial charge >= 0.3 is 0 Å². The number of nitrogens with one attached hydrogen (secondary N) is 1. The lowest BCUT2D eigenvalue weighted by Crippen LogP contribution is -2.12. The van der Waals surface area contributed by atoms with Crippen LogP contribution in [-0.2, 0) is 13.0 Å². The second kappa shape index (κ2) is 6.44. The summed E-state index contributed by atoms with van der Waals surface area (Å²) in [4.78, 5) is 4.76. The molecule has 0 aliphatic rings. The van der Waals surface area contributed by atoms with Crippen LogP contribution in [0.5, 0.6) is 0 Å². The van der Waals surface area contributed by atoms with E-state index >= 15 is 0 Å². The second-order valence-corrected chi connectivity index (χ2v) is 5.21. The van der Waals surface area contributed by atoms with Gasteiger partial charge in [-0.2, -0.15) is 0 Å². The molecule has 0 unspecified atom stereocenters. The van der Waals surface area contributed by atoms with Gasteiger partial charge in [0.05, 0.1) is 11.0 Å². The third-order valence-corrected chi connectivity index (χ3v) is 3.65. The van der Waals surface area contributed by atoms with Crippen LogP contribution >= 0.6 is 0 Å². The minimum Gasteiger partial charge on any atom is -0.383 e. The van der Waals surface area contributed by atoms with Crippen molar-refractivity contribution in [3.05, 3.63) is 60.4 Å². The molecule has 0 bridgehead atoms. The number of benzene rings is 2. The summed E-state index contributed by atoms with van der Waals surface area (Å²) in [5, 5.41) is 3.47. The zero-order chi connectivity index (χ0) is 14.5. The van der Waals surface area contributed by atoms with Crippen molar-refractivity contribution >= 4 is 16.7 Å². The van der Waals surface area contributed by atoms with Crippen molar-refractivity contribution < 1.29 is 0 Å². The highest BCUT2D eigenvalue weighted by molar-refractivity contribution is 5.75. The number of anilines is 1. The largest absolute Gasteiger partial charge is 0.383 e. The van der Waals surface area contributed by atoms with Crippen molar-refractivity contribution in [2.45, 2.75) is 26.3 Å². The number of aromatic nitrogens is 2. The van der Waals surface area contributed by atoms with E-state index in [-0.39, 0.29) is 0 Å². The Hall–Kier alpha value is -2.29. The first-order valence-electron chi connectivity index (χ1n) is 7.61. The Kier molecular flexibility index (Phi) is 4.20. The Labute approximate surface area is 125 Å². The highest BCUT2D eigenvalue weighted by Crippen LogP contribution is 2.17.